The van der Waals surface area contributed by atoms with Gasteiger partial charge in [0.15, 0.2) is 0 Å². The van der Waals surface area contributed by atoms with Crippen LogP contribution in [0.2, 0.25) is 0 Å². The second-order valence-electron chi connectivity index (χ2n) is 4.00. The molecule has 5 heteroatoms. The molecular formula is C11H13N3O2. The van der Waals surface area contributed by atoms with Gasteiger partial charge in [-0.05, 0) is 18.1 Å². The third-order valence-corrected chi connectivity index (χ3v) is 2.41. The van der Waals surface area contributed by atoms with Crippen LogP contribution in [0.25, 0.3) is 5.52 Å². The Bertz CT molecular complexity index is 531. The van der Waals surface area contributed by atoms with E-state index in [0.717, 1.165) is 11.2 Å². The van der Waals surface area contributed by atoms with Crippen molar-refractivity contribution in [1.82, 2.24) is 14.6 Å². The lowest BCUT2D eigenvalue weighted by Gasteiger charge is -2.04. The molecule has 0 saturated heterocycles. The second kappa shape index (κ2) is 3.92. The normalized spacial score (nSPS) is 11.2. The van der Waals surface area contributed by atoms with Crippen molar-refractivity contribution in [3.63, 3.8) is 0 Å². The van der Waals surface area contributed by atoms with Gasteiger partial charge >= 0.3 is 5.97 Å². The van der Waals surface area contributed by atoms with Gasteiger partial charge in [0, 0.05) is 0 Å². The first kappa shape index (κ1) is 10.6. The first-order chi connectivity index (χ1) is 7.58. The summed E-state index contributed by atoms with van der Waals surface area (Å²) in [6, 6.07) is 3.78. The number of fused-ring (bicyclic) bond motifs is 1. The van der Waals surface area contributed by atoms with E-state index in [4.69, 9.17) is 5.11 Å². The lowest BCUT2D eigenvalue weighted by molar-refractivity contribution is -0.136. The Morgan fingerprint density at radius 1 is 1.50 bits per heavy atom. The van der Waals surface area contributed by atoms with Crippen LogP contribution < -0.4 is 0 Å². The highest BCUT2D eigenvalue weighted by molar-refractivity contribution is 5.73. The number of aliphatic carboxylic acids is 1. The average molecular weight is 219 g/mol. The Kier molecular flexibility index (Phi) is 2.60. The van der Waals surface area contributed by atoms with E-state index in [1.54, 1.807) is 10.8 Å². The van der Waals surface area contributed by atoms with Crippen molar-refractivity contribution in [3.8, 4) is 0 Å². The number of carbonyl (C=O) groups is 1. The van der Waals surface area contributed by atoms with E-state index in [0.29, 0.717) is 11.6 Å². The van der Waals surface area contributed by atoms with E-state index in [1.165, 1.54) is 0 Å². The van der Waals surface area contributed by atoms with Gasteiger partial charge in [-0.1, -0.05) is 13.8 Å². The van der Waals surface area contributed by atoms with Gasteiger partial charge in [-0.3, -0.25) is 4.79 Å². The van der Waals surface area contributed by atoms with Crippen molar-refractivity contribution in [2.75, 3.05) is 0 Å². The molecule has 2 rings (SSSR count). The number of rotatable bonds is 3. The van der Waals surface area contributed by atoms with E-state index >= 15 is 0 Å². The summed E-state index contributed by atoms with van der Waals surface area (Å²) in [4.78, 5) is 14.7. The highest BCUT2D eigenvalue weighted by atomic mass is 16.4. The Hall–Kier alpha value is -1.91. The van der Waals surface area contributed by atoms with Crippen molar-refractivity contribution < 1.29 is 9.90 Å². The number of nitrogens with zero attached hydrogens (tertiary/aromatic N) is 3. The fourth-order valence-electron chi connectivity index (χ4n) is 1.55. The molecule has 0 saturated carbocycles. The molecule has 2 aromatic heterocycles. The largest absolute Gasteiger partial charge is 0.481 e. The van der Waals surface area contributed by atoms with E-state index in [1.807, 2.05) is 12.1 Å². The maximum atomic E-state index is 10.6. The van der Waals surface area contributed by atoms with Crippen LogP contribution in [-0.2, 0) is 11.2 Å². The molecule has 0 aliphatic heterocycles. The zero-order valence-corrected chi connectivity index (χ0v) is 9.21. The predicted molar refractivity (Wildman–Crippen MR) is 58.4 cm³/mol. The molecule has 16 heavy (non-hydrogen) atoms. The smallest absolute Gasteiger partial charge is 0.309 e. The molecule has 0 atom stereocenters. The zero-order chi connectivity index (χ0) is 11.7. The van der Waals surface area contributed by atoms with Crippen LogP contribution in [0.4, 0.5) is 0 Å². The van der Waals surface area contributed by atoms with Gasteiger partial charge < -0.3 is 5.11 Å². The molecule has 0 radical (unpaired) electrons. The van der Waals surface area contributed by atoms with Crippen LogP contribution in [0.1, 0.15) is 31.2 Å². The molecule has 0 fully saturated rings. The summed E-state index contributed by atoms with van der Waals surface area (Å²) in [5.41, 5.74) is 2.27. The minimum Gasteiger partial charge on any atom is -0.481 e. The molecule has 1 N–H and O–H groups in total. The number of hydrogen-bond acceptors (Lipinski definition) is 3. The van der Waals surface area contributed by atoms with Gasteiger partial charge in [-0.2, -0.15) is 5.10 Å². The minimum atomic E-state index is -0.881. The highest BCUT2D eigenvalue weighted by Gasteiger charge is 2.10. The van der Waals surface area contributed by atoms with Gasteiger partial charge in [0.2, 0.25) is 0 Å². The molecule has 0 unspecified atom stereocenters. The summed E-state index contributed by atoms with van der Waals surface area (Å²) in [5, 5.41) is 13.1. The average Bonchev–Trinajstić information content (AvgIpc) is 2.60. The van der Waals surface area contributed by atoms with Crippen molar-refractivity contribution in [2.24, 2.45) is 0 Å². The summed E-state index contributed by atoms with van der Waals surface area (Å²) in [5.74, 6) is -0.539. The number of carboxylic acid groups (broad SMARTS) is 1. The number of aromatic nitrogens is 3. The summed E-state index contributed by atoms with van der Waals surface area (Å²) in [7, 11) is 0. The fourth-order valence-corrected chi connectivity index (χ4v) is 1.55. The predicted octanol–water partition coefficient (Wildman–Crippen LogP) is 1.48. The molecule has 0 aliphatic carbocycles. The van der Waals surface area contributed by atoms with Crippen LogP contribution in [0.5, 0.6) is 0 Å². The minimum absolute atomic E-state index is 0.0702. The van der Waals surface area contributed by atoms with Crippen molar-refractivity contribution in [2.45, 2.75) is 26.2 Å². The molecule has 2 heterocycles. The summed E-state index contributed by atoms with van der Waals surface area (Å²) < 4.78 is 1.63. The van der Waals surface area contributed by atoms with Crippen LogP contribution in [-0.4, -0.2) is 25.7 Å². The lowest BCUT2D eigenvalue weighted by atomic mass is 10.1. The van der Waals surface area contributed by atoms with E-state index in [-0.39, 0.29) is 6.42 Å². The van der Waals surface area contributed by atoms with Gasteiger partial charge in [0.05, 0.1) is 23.3 Å². The van der Waals surface area contributed by atoms with E-state index in [2.05, 4.69) is 23.9 Å². The van der Waals surface area contributed by atoms with E-state index in [9.17, 15) is 4.79 Å². The van der Waals surface area contributed by atoms with Gasteiger partial charge in [-0.25, -0.2) is 9.50 Å². The summed E-state index contributed by atoms with van der Waals surface area (Å²) in [6.07, 6.45) is 1.48. The Morgan fingerprint density at radius 3 is 2.88 bits per heavy atom. The summed E-state index contributed by atoms with van der Waals surface area (Å²) in [6.45, 7) is 4.12. The van der Waals surface area contributed by atoms with Crippen LogP contribution in [0.15, 0.2) is 18.5 Å². The first-order valence-electron chi connectivity index (χ1n) is 5.13. The molecule has 84 valence electrons. The van der Waals surface area contributed by atoms with Crippen molar-refractivity contribution in [1.29, 1.82) is 0 Å². The van der Waals surface area contributed by atoms with Gasteiger partial charge in [-0.15, -0.1) is 0 Å². The van der Waals surface area contributed by atoms with Gasteiger partial charge in [0.25, 0.3) is 0 Å². The maximum absolute atomic E-state index is 10.6. The fraction of sp³-hybridized carbons (Fsp3) is 0.364. The van der Waals surface area contributed by atoms with Gasteiger partial charge in [0.1, 0.15) is 6.33 Å². The second-order valence-corrected chi connectivity index (χ2v) is 4.00. The monoisotopic (exact) mass is 219 g/mol. The lowest BCUT2D eigenvalue weighted by Crippen LogP contribution is -2.02. The molecule has 5 nitrogen and oxygen atoms in total. The zero-order valence-electron chi connectivity index (χ0n) is 9.21. The summed E-state index contributed by atoms with van der Waals surface area (Å²) >= 11 is 0. The quantitative estimate of drug-likeness (QED) is 0.849. The number of carboxylic acids is 1. The Morgan fingerprint density at radius 2 is 2.25 bits per heavy atom. The molecule has 0 amide bonds. The molecule has 0 spiro atoms. The number of hydrogen-bond donors (Lipinski definition) is 1. The molecule has 0 aromatic carbocycles. The highest BCUT2D eigenvalue weighted by Crippen LogP contribution is 2.14. The van der Waals surface area contributed by atoms with E-state index < -0.39 is 5.97 Å². The SMILES string of the molecule is CC(C)c1ccc2c(CC(=O)O)ncn2n1. The standard InChI is InChI=1S/C11H13N3O2/c1-7(2)8-3-4-10-9(5-11(15)16)12-6-14(10)13-8/h3-4,6-7H,5H2,1-2H3,(H,15,16). The first-order valence-corrected chi connectivity index (χ1v) is 5.13. The number of imidazole rings is 1. The third-order valence-electron chi connectivity index (χ3n) is 2.41. The van der Waals surface area contributed by atoms with Crippen molar-refractivity contribution in [3.05, 3.63) is 29.8 Å². The maximum Gasteiger partial charge on any atom is 0.309 e. The molecule has 0 aliphatic rings. The van der Waals surface area contributed by atoms with Crippen LogP contribution >= 0.6 is 0 Å². The molecule has 2 aromatic rings. The Balaban J connectivity index is 2.46. The van der Waals surface area contributed by atoms with Crippen LogP contribution in [0, 0.1) is 0 Å². The van der Waals surface area contributed by atoms with Crippen LogP contribution in [0.3, 0.4) is 0 Å². The Labute approximate surface area is 92.7 Å². The molecular weight excluding hydrogens is 206 g/mol. The van der Waals surface area contributed by atoms with Crippen molar-refractivity contribution >= 4 is 11.5 Å². The third kappa shape index (κ3) is 1.88. The topological polar surface area (TPSA) is 67.5 Å². The molecule has 0 bridgehead atoms.